The number of hydrogen-bond donors (Lipinski definition) is 1. The Balaban J connectivity index is 2.38. The largest absolute Gasteiger partial charge is 0.496 e. The SMILES string of the molecule is COc1cc(C)c2c(c1C)C[C@H]([C@H](C)C(=O)O)CC2. The molecule has 2 atom stereocenters. The fourth-order valence-corrected chi connectivity index (χ4v) is 3.16. The highest BCUT2D eigenvalue weighted by Gasteiger charge is 2.29. The van der Waals surface area contributed by atoms with Crippen molar-refractivity contribution in [2.24, 2.45) is 11.8 Å². The number of carboxylic acid groups (broad SMARTS) is 1. The van der Waals surface area contributed by atoms with Crippen molar-refractivity contribution in [3.63, 3.8) is 0 Å². The number of methoxy groups -OCH3 is 1. The molecule has 0 bridgehead atoms. The van der Waals surface area contributed by atoms with Crippen LogP contribution in [0.2, 0.25) is 0 Å². The van der Waals surface area contributed by atoms with E-state index in [1.54, 1.807) is 7.11 Å². The number of hydrogen-bond acceptors (Lipinski definition) is 2. The van der Waals surface area contributed by atoms with Crippen molar-refractivity contribution in [2.75, 3.05) is 7.11 Å². The summed E-state index contributed by atoms with van der Waals surface area (Å²) in [5.41, 5.74) is 5.14. The molecule has 1 N–H and O–H groups in total. The zero-order chi connectivity index (χ0) is 14.2. The molecule has 0 saturated carbocycles. The monoisotopic (exact) mass is 262 g/mol. The Morgan fingerprint density at radius 2 is 2.11 bits per heavy atom. The van der Waals surface area contributed by atoms with Gasteiger partial charge in [0.25, 0.3) is 0 Å². The van der Waals surface area contributed by atoms with Crippen LogP contribution >= 0.6 is 0 Å². The molecule has 3 nitrogen and oxygen atoms in total. The Morgan fingerprint density at radius 1 is 1.42 bits per heavy atom. The summed E-state index contributed by atoms with van der Waals surface area (Å²) in [6.07, 6.45) is 2.80. The Morgan fingerprint density at radius 3 is 2.68 bits per heavy atom. The lowest BCUT2D eigenvalue weighted by Gasteiger charge is -2.30. The van der Waals surface area contributed by atoms with E-state index in [1.807, 2.05) is 6.92 Å². The van der Waals surface area contributed by atoms with Crippen molar-refractivity contribution in [3.05, 3.63) is 28.3 Å². The van der Waals surface area contributed by atoms with Crippen LogP contribution in [0.15, 0.2) is 6.07 Å². The van der Waals surface area contributed by atoms with Gasteiger partial charge in [-0.3, -0.25) is 4.79 Å². The second-order valence-electron chi connectivity index (χ2n) is 5.61. The minimum absolute atomic E-state index is 0.232. The Hall–Kier alpha value is -1.51. The number of carbonyl (C=O) groups is 1. The van der Waals surface area contributed by atoms with E-state index < -0.39 is 5.97 Å². The summed E-state index contributed by atoms with van der Waals surface area (Å²) in [7, 11) is 1.69. The topological polar surface area (TPSA) is 46.5 Å². The van der Waals surface area contributed by atoms with Crippen molar-refractivity contribution < 1.29 is 14.6 Å². The molecular weight excluding hydrogens is 240 g/mol. The molecule has 0 aromatic heterocycles. The fourth-order valence-electron chi connectivity index (χ4n) is 3.16. The summed E-state index contributed by atoms with van der Waals surface area (Å²) in [4.78, 5) is 11.2. The quantitative estimate of drug-likeness (QED) is 0.910. The van der Waals surface area contributed by atoms with Crippen LogP contribution < -0.4 is 4.74 Å². The van der Waals surface area contributed by atoms with E-state index in [0.29, 0.717) is 0 Å². The standard InChI is InChI=1S/C16H22O3/c1-9-7-15(19-4)11(3)14-8-12(5-6-13(9)14)10(2)16(17)18/h7,10,12H,5-6,8H2,1-4H3,(H,17,18)/t10-,12+/m0/s1. The lowest BCUT2D eigenvalue weighted by Crippen LogP contribution is -2.27. The summed E-state index contributed by atoms with van der Waals surface area (Å²) in [5.74, 6) is 0.180. The first-order valence-corrected chi connectivity index (χ1v) is 6.84. The molecule has 1 aliphatic rings. The molecule has 19 heavy (non-hydrogen) atoms. The van der Waals surface area contributed by atoms with Gasteiger partial charge in [0, 0.05) is 0 Å². The van der Waals surface area contributed by atoms with Gasteiger partial charge in [-0.15, -0.1) is 0 Å². The summed E-state index contributed by atoms with van der Waals surface area (Å²) in [6.45, 7) is 6.01. The van der Waals surface area contributed by atoms with Crippen LogP contribution in [0.1, 0.15) is 35.6 Å². The van der Waals surface area contributed by atoms with E-state index in [0.717, 1.165) is 25.0 Å². The molecule has 0 fully saturated rings. The predicted octanol–water partition coefficient (Wildman–Crippen LogP) is 3.14. The van der Waals surface area contributed by atoms with Crippen LogP contribution in [-0.2, 0) is 17.6 Å². The molecule has 0 amide bonds. The third kappa shape index (κ3) is 2.46. The molecule has 3 heteroatoms. The Bertz CT molecular complexity index is 505. The highest BCUT2D eigenvalue weighted by molar-refractivity contribution is 5.70. The van der Waals surface area contributed by atoms with Crippen molar-refractivity contribution >= 4 is 5.97 Å². The van der Waals surface area contributed by atoms with Crippen LogP contribution in [0.5, 0.6) is 5.75 Å². The normalized spacial score (nSPS) is 19.7. The molecule has 104 valence electrons. The molecule has 0 heterocycles. The van der Waals surface area contributed by atoms with Gasteiger partial charge in [0.15, 0.2) is 0 Å². The van der Waals surface area contributed by atoms with Crippen LogP contribution in [0.25, 0.3) is 0 Å². The van der Waals surface area contributed by atoms with Crippen molar-refractivity contribution in [1.82, 2.24) is 0 Å². The predicted molar refractivity (Wildman–Crippen MR) is 74.8 cm³/mol. The maximum Gasteiger partial charge on any atom is 0.306 e. The number of rotatable bonds is 3. The smallest absolute Gasteiger partial charge is 0.306 e. The molecule has 1 aromatic rings. The Kier molecular flexibility index (Phi) is 3.83. The van der Waals surface area contributed by atoms with E-state index >= 15 is 0 Å². The number of fused-ring (bicyclic) bond motifs is 1. The highest BCUT2D eigenvalue weighted by atomic mass is 16.5. The molecular formula is C16H22O3. The van der Waals surface area contributed by atoms with Gasteiger partial charge in [0.05, 0.1) is 13.0 Å². The van der Waals surface area contributed by atoms with Gasteiger partial charge in [-0.05, 0) is 67.3 Å². The van der Waals surface area contributed by atoms with E-state index in [1.165, 1.54) is 22.3 Å². The first-order chi connectivity index (χ1) is 8.95. The lowest BCUT2D eigenvalue weighted by molar-refractivity contribution is -0.143. The van der Waals surface area contributed by atoms with Crippen LogP contribution in [0, 0.1) is 25.7 Å². The second kappa shape index (κ2) is 5.24. The number of carboxylic acids is 1. The highest BCUT2D eigenvalue weighted by Crippen LogP contribution is 2.37. The van der Waals surface area contributed by atoms with Gasteiger partial charge in [-0.1, -0.05) is 6.92 Å². The molecule has 0 unspecified atom stereocenters. The molecule has 0 spiro atoms. The van der Waals surface area contributed by atoms with Gasteiger partial charge in [0.1, 0.15) is 5.75 Å². The van der Waals surface area contributed by atoms with E-state index in [9.17, 15) is 9.90 Å². The minimum Gasteiger partial charge on any atom is -0.496 e. The van der Waals surface area contributed by atoms with E-state index in [-0.39, 0.29) is 11.8 Å². The van der Waals surface area contributed by atoms with Crippen molar-refractivity contribution in [2.45, 2.75) is 40.0 Å². The Labute approximate surface area is 114 Å². The van der Waals surface area contributed by atoms with Gasteiger partial charge in [0.2, 0.25) is 0 Å². The van der Waals surface area contributed by atoms with Gasteiger partial charge < -0.3 is 9.84 Å². The minimum atomic E-state index is -0.689. The molecule has 1 aliphatic carbocycles. The maximum absolute atomic E-state index is 11.2. The third-order valence-corrected chi connectivity index (χ3v) is 4.56. The first-order valence-electron chi connectivity index (χ1n) is 6.84. The summed E-state index contributed by atoms with van der Waals surface area (Å²) in [5, 5.41) is 9.18. The zero-order valence-corrected chi connectivity index (χ0v) is 12.1. The molecule has 1 aromatic carbocycles. The second-order valence-corrected chi connectivity index (χ2v) is 5.61. The van der Waals surface area contributed by atoms with E-state index in [2.05, 4.69) is 19.9 Å². The van der Waals surface area contributed by atoms with Gasteiger partial charge in [-0.25, -0.2) is 0 Å². The third-order valence-electron chi connectivity index (χ3n) is 4.56. The van der Waals surface area contributed by atoms with Crippen LogP contribution in [0.3, 0.4) is 0 Å². The fraction of sp³-hybridized carbons (Fsp3) is 0.562. The lowest BCUT2D eigenvalue weighted by atomic mass is 9.75. The average molecular weight is 262 g/mol. The number of ether oxygens (including phenoxy) is 1. The molecule has 0 aliphatic heterocycles. The van der Waals surface area contributed by atoms with Crippen LogP contribution in [0.4, 0.5) is 0 Å². The van der Waals surface area contributed by atoms with E-state index in [4.69, 9.17) is 4.74 Å². The van der Waals surface area contributed by atoms with Crippen LogP contribution in [-0.4, -0.2) is 18.2 Å². The average Bonchev–Trinajstić information content (AvgIpc) is 2.41. The molecule has 2 rings (SSSR count). The molecule has 0 saturated heterocycles. The maximum atomic E-state index is 11.2. The number of aryl methyl sites for hydroxylation is 1. The number of aliphatic carboxylic acids is 1. The molecule has 0 radical (unpaired) electrons. The van der Waals surface area contributed by atoms with Gasteiger partial charge >= 0.3 is 5.97 Å². The summed E-state index contributed by atoms with van der Waals surface area (Å²) in [6, 6.07) is 2.09. The van der Waals surface area contributed by atoms with Crippen molar-refractivity contribution in [1.29, 1.82) is 0 Å². The van der Waals surface area contributed by atoms with Crippen molar-refractivity contribution in [3.8, 4) is 5.75 Å². The summed E-state index contributed by atoms with van der Waals surface area (Å²) < 4.78 is 5.42. The zero-order valence-electron chi connectivity index (χ0n) is 12.1. The van der Waals surface area contributed by atoms with Gasteiger partial charge in [-0.2, -0.15) is 0 Å². The summed E-state index contributed by atoms with van der Waals surface area (Å²) >= 11 is 0. The first kappa shape index (κ1) is 13.9. The number of benzene rings is 1.